The molecule has 0 spiro atoms. The van der Waals surface area contributed by atoms with Crippen molar-refractivity contribution >= 4 is 0 Å². The Morgan fingerprint density at radius 2 is 2.19 bits per heavy atom. The Balaban J connectivity index is 1.59. The van der Waals surface area contributed by atoms with Crippen molar-refractivity contribution in [3.05, 3.63) is 23.8 Å². The molecule has 0 radical (unpaired) electrons. The summed E-state index contributed by atoms with van der Waals surface area (Å²) < 4.78 is 10.6. The van der Waals surface area contributed by atoms with E-state index in [9.17, 15) is 0 Å². The Labute approximate surface area is 95.8 Å². The second kappa shape index (κ2) is 3.98. The van der Waals surface area contributed by atoms with Gasteiger partial charge in [-0.25, -0.2) is 0 Å². The van der Waals surface area contributed by atoms with Crippen LogP contribution in [0.3, 0.4) is 0 Å². The highest BCUT2D eigenvalue weighted by Crippen LogP contribution is 2.35. The van der Waals surface area contributed by atoms with Crippen molar-refractivity contribution in [2.75, 3.05) is 6.79 Å². The van der Waals surface area contributed by atoms with Crippen molar-refractivity contribution in [2.45, 2.75) is 32.4 Å². The minimum absolute atomic E-state index is 0.354. The van der Waals surface area contributed by atoms with E-state index < -0.39 is 0 Å². The Morgan fingerprint density at radius 3 is 3.00 bits per heavy atom. The average molecular weight is 219 g/mol. The van der Waals surface area contributed by atoms with Crippen LogP contribution < -0.4 is 14.8 Å². The first-order valence-electron chi connectivity index (χ1n) is 5.98. The molecule has 0 amide bonds. The lowest BCUT2D eigenvalue weighted by atomic mass is 10.2. The summed E-state index contributed by atoms with van der Waals surface area (Å²) in [6.07, 6.45) is 2.62. The van der Waals surface area contributed by atoms with Crippen LogP contribution in [-0.2, 0) is 6.54 Å². The van der Waals surface area contributed by atoms with Gasteiger partial charge in [0.25, 0.3) is 0 Å². The van der Waals surface area contributed by atoms with Crippen LogP contribution in [0, 0.1) is 5.92 Å². The zero-order valence-corrected chi connectivity index (χ0v) is 9.53. The van der Waals surface area contributed by atoms with Crippen LogP contribution >= 0.6 is 0 Å². The lowest BCUT2D eigenvalue weighted by molar-refractivity contribution is 0.174. The van der Waals surface area contributed by atoms with E-state index in [1.54, 1.807) is 0 Å². The molecule has 1 heterocycles. The molecular formula is C13H17NO2. The van der Waals surface area contributed by atoms with E-state index in [-0.39, 0.29) is 0 Å². The molecule has 86 valence electrons. The third-order valence-electron chi connectivity index (χ3n) is 3.45. The second-order valence-electron chi connectivity index (χ2n) is 4.58. The third kappa shape index (κ3) is 1.87. The molecule has 1 aromatic rings. The van der Waals surface area contributed by atoms with Gasteiger partial charge in [-0.1, -0.05) is 19.4 Å². The van der Waals surface area contributed by atoms with Gasteiger partial charge in [-0.2, -0.15) is 0 Å². The number of hydrogen-bond donors (Lipinski definition) is 1. The van der Waals surface area contributed by atoms with E-state index in [2.05, 4.69) is 24.4 Å². The molecule has 1 aliphatic carbocycles. The van der Waals surface area contributed by atoms with Crippen LogP contribution in [0.1, 0.15) is 25.3 Å². The summed E-state index contributed by atoms with van der Waals surface area (Å²) in [6.45, 7) is 3.54. The summed E-state index contributed by atoms with van der Waals surface area (Å²) in [4.78, 5) is 0. The Bertz CT molecular complexity index is 392. The van der Waals surface area contributed by atoms with Crippen LogP contribution in [-0.4, -0.2) is 12.8 Å². The highest BCUT2D eigenvalue weighted by Gasteiger charge is 2.34. The molecule has 2 aliphatic rings. The molecular weight excluding hydrogens is 202 g/mol. The summed E-state index contributed by atoms with van der Waals surface area (Å²) >= 11 is 0. The molecule has 1 saturated carbocycles. The molecule has 0 bridgehead atoms. The topological polar surface area (TPSA) is 30.5 Å². The molecule has 1 N–H and O–H groups in total. The smallest absolute Gasteiger partial charge is 0.231 e. The summed E-state index contributed by atoms with van der Waals surface area (Å²) in [7, 11) is 0. The SMILES string of the molecule is CCC1CC1NCc1ccc2c(c1)OCO2. The van der Waals surface area contributed by atoms with Gasteiger partial charge in [-0.05, 0) is 30.0 Å². The van der Waals surface area contributed by atoms with Crippen LogP contribution in [0.25, 0.3) is 0 Å². The number of ether oxygens (including phenoxy) is 2. The second-order valence-corrected chi connectivity index (χ2v) is 4.58. The van der Waals surface area contributed by atoms with Crippen molar-refractivity contribution in [1.82, 2.24) is 5.32 Å². The Kier molecular flexibility index (Phi) is 2.48. The first kappa shape index (κ1) is 9.97. The standard InChI is InChI=1S/C13H17NO2/c1-2-10-6-11(10)14-7-9-3-4-12-13(5-9)16-8-15-12/h3-5,10-11,14H,2,6-8H2,1H3. The molecule has 0 saturated heterocycles. The monoisotopic (exact) mass is 219 g/mol. The molecule has 1 aromatic carbocycles. The van der Waals surface area contributed by atoms with E-state index in [0.29, 0.717) is 6.79 Å². The number of benzene rings is 1. The summed E-state index contributed by atoms with van der Waals surface area (Å²) in [6, 6.07) is 6.89. The fraction of sp³-hybridized carbons (Fsp3) is 0.538. The zero-order chi connectivity index (χ0) is 11.0. The lowest BCUT2D eigenvalue weighted by Crippen LogP contribution is -2.17. The van der Waals surface area contributed by atoms with Crippen molar-refractivity contribution in [2.24, 2.45) is 5.92 Å². The minimum atomic E-state index is 0.354. The molecule has 1 fully saturated rings. The van der Waals surface area contributed by atoms with Crippen molar-refractivity contribution in [3.8, 4) is 11.5 Å². The molecule has 16 heavy (non-hydrogen) atoms. The van der Waals surface area contributed by atoms with Crippen molar-refractivity contribution in [1.29, 1.82) is 0 Å². The normalized spacial score (nSPS) is 25.8. The van der Waals surface area contributed by atoms with E-state index in [0.717, 1.165) is 30.0 Å². The third-order valence-corrected chi connectivity index (χ3v) is 3.45. The first-order valence-corrected chi connectivity index (χ1v) is 5.98. The maximum absolute atomic E-state index is 5.35. The van der Waals surface area contributed by atoms with Crippen LogP contribution in [0.15, 0.2) is 18.2 Å². The van der Waals surface area contributed by atoms with Gasteiger partial charge in [0.15, 0.2) is 11.5 Å². The molecule has 2 unspecified atom stereocenters. The highest BCUT2D eigenvalue weighted by molar-refractivity contribution is 5.44. The zero-order valence-electron chi connectivity index (χ0n) is 9.53. The van der Waals surface area contributed by atoms with E-state index >= 15 is 0 Å². The predicted octanol–water partition coefficient (Wildman–Crippen LogP) is 2.30. The van der Waals surface area contributed by atoms with Crippen LogP contribution in [0.2, 0.25) is 0 Å². The number of rotatable bonds is 4. The lowest BCUT2D eigenvalue weighted by Gasteiger charge is -2.05. The quantitative estimate of drug-likeness (QED) is 0.843. The van der Waals surface area contributed by atoms with Crippen molar-refractivity contribution in [3.63, 3.8) is 0 Å². The maximum Gasteiger partial charge on any atom is 0.231 e. The molecule has 1 aliphatic heterocycles. The fourth-order valence-corrected chi connectivity index (χ4v) is 2.25. The van der Waals surface area contributed by atoms with Gasteiger partial charge in [0.1, 0.15) is 0 Å². The molecule has 3 nitrogen and oxygen atoms in total. The van der Waals surface area contributed by atoms with E-state index in [1.165, 1.54) is 18.4 Å². The number of hydrogen-bond acceptors (Lipinski definition) is 3. The van der Waals surface area contributed by atoms with Gasteiger partial charge in [-0.15, -0.1) is 0 Å². The van der Waals surface area contributed by atoms with Gasteiger partial charge in [0.2, 0.25) is 6.79 Å². The maximum atomic E-state index is 5.35. The molecule has 3 heteroatoms. The van der Waals surface area contributed by atoms with Crippen LogP contribution in [0.5, 0.6) is 11.5 Å². The Morgan fingerprint density at radius 1 is 1.31 bits per heavy atom. The van der Waals surface area contributed by atoms with E-state index in [1.807, 2.05) is 6.07 Å². The van der Waals surface area contributed by atoms with E-state index in [4.69, 9.17) is 9.47 Å². The molecule has 2 atom stereocenters. The number of fused-ring (bicyclic) bond motifs is 1. The first-order chi connectivity index (χ1) is 7.86. The van der Waals surface area contributed by atoms with Gasteiger partial charge >= 0.3 is 0 Å². The van der Waals surface area contributed by atoms with Gasteiger partial charge < -0.3 is 14.8 Å². The summed E-state index contributed by atoms with van der Waals surface area (Å²) in [5, 5.41) is 3.57. The summed E-state index contributed by atoms with van der Waals surface area (Å²) in [5.41, 5.74) is 1.27. The highest BCUT2D eigenvalue weighted by atomic mass is 16.7. The van der Waals surface area contributed by atoms with Gasteiger partial charge in [-0.3, -0.25) is 0 Å². The average Bonchev–Trinajstić information content (AvgIpc) is 2.93. The van der Waals surface area contributed by atoms with Gasteiger partial charge in [0, 0.05) is 12.6 Å². The molecule has 0 aromatic heterocycles. The Hall–Kier alpha value is -1.22. The minimum Gasteiger partial charge on any atom is -0.454 e. The number of nitrogens with one attached hydrogen (secondary N) is 1. The summed E-state index contributed by atoms with van der Waals surface area (Å²) in [5.74, 6) is 2.64. The van der Waals surface area contributed by atoms with Crippen molar-refractivity contribution < 1.29 is 9.47 Å². The van der Waals surface area contributed by atoms with Gasteiger partial charge in [0.05, 0.1) is 0 Å². The largest absolute Gasteiger partial charge is 0.454 e. The van der Waals surface area contributed by atoms with Crippen LogP contribution in [0.4, 0.5) is 0 Å². The predicted molar refractivity (Wildman–Crippen MR) is 61.6 cm³/mol. The fourth-order valence-electron chi connectivity index (χ4n) is 2.25. The molecule has 3 rings (SSSR count).